The van der Waals surface area contributed by atoms with Crippen LogP contribution in [-0.4, -0.2) is 30.4 Å². The third-order valence-corrected chi connectivity index (χ3v) is 3.81. The number of nitrogens with one attached hydrogen (secondary N) is 2. The minimum absolute atomic E-state index is 0.0000657. The third-order valence-electron chi connectivity index (χ3n) is 3.81. The predicted molar refractivity (Wildman–Crippen MR) is 68.7 cm³/mol. The molecule has 2 aliphatic rings. The SMILES string of the molecule is NC1(CC(=O)NCCNC(=O)C2CC2)CCCC1. The Morgan fingerprint density at radius 3 is 2.33 bits per heavy atom. The average Bonchev–Trinajstić information content (AvgIpc) is 3.08. The molecule has 2 aliphatic carbocycles. The highest BCUT2D eigenvalue weighted by molar-refractivity contribution is 5.81. The van der Waals surface area contributed by atoms with E-state index in [4.69, 9.17) is 5.73 Å². The standard InChI is InChI=1S/C13H23N3O2/c14-13(5-1-2-6-13)9-11(17)15-7-8-16-12(18)10-3-4-10/h10H,1-9,14H2,(H,15,17)(H,16,18). The number of hydrogen-bond acceptors (Lipinski definition) is 3. The van der Waals surface area contributed by atoms with E-state index in [1.165, 1.54) is 0 Å². The van der Waals surface area contributed by atoms with Crippen LogP contribution in [0.25, 0.3) is 0 Å². The Hall–Kier alpha value is -1.10. The fourth-order valence-electron chi connectivity index (χ4n) is 2.52. The number of hydrogen-bond donors (Lipinski definition) is 3. The molecule has 18 heavy (non-hydrogen) atoms. The van der Waals surface area contributed by atoms with Gasteiger partial charge in [0.1, 0.15) is 0 Å². The Kier molecular flexibility index (Phi) is 4.22. The van der Waals surface area contributed by atoms with Gasteiger partial charge in [0.05, 0.1) is 0 Å². The Morgan fingerprint density at radius 2 is 1.72 bits per heavy atom. The number of carbonyl (C=O) groups excluding carboxylic acids is 2. The van der Waals surface area contributed by atoms with Crippen LogP contribution in [0.1, 0.15) is 44.9 Å². The Morgan fingerprint density at radius 1 is 1.11 bits per heavy atom. The highest BCUT2D eigenvalue weighted by Crippen LogP contribution is 2.30. The van der Waals surface area contributed by atoms with Gasteiger partial charge < -0.3 is 16.4 Å². The third kappa shape index (κ3) is 3.98. The van der Waals surface area contributed by atoms with Gasteiger partial charge in [-0.2, -0.15) is 0 Å². The molecule has 4 N–H and O–H groups in total. The second kappa shape index (κ2) is 5.69. The Balaban J connectivity index is 1.55. The van der Waals surface area contributed by atoms with Crippen LogP contribution in [0.5, 0.6) is 0 Å². The second-order valence-corrected chi connectivity index (χ2v) is 5.66. The molecule has 0 unspecified atom stereocenters. The lowest BCUT2D eigenvalue weighted by atomic mass is 9.94. The monoisotopic (exact) mass is 253 g/mol. The fourth-order valence-corrected chi connectivity index (χ4v) is 2.52. The van der Waals surface area contributed by atoms with Gasteiger partial charge in [-0.1, -0.05) is 12.8 Å². The first-order valence-corrected chi connectivity index (χ1v) is 6.92. The summed E-state index contributed by atoms with van der Waals surface area (Å²) in [6.07, 6.45) is 6.56. The number of rotatable bonds is 6. The van der Waals surface area contributed by atoms with Gasteiger partial charge in [0.15, 0.2) is 0 Å². The van der Waals surface area contributed by atoms with Crippen molar-refractivity contribution < 1.29 is 9.59 Å². The molecule has 0 saturated heterocycles. The molecule has 5 heteroatoms. The van der Waals surface area contributed by atoms with E-state index in [-0.39, 0.29) is 23.3 Å². The summed E-state index contributed by atoms with van der Waals surface area (Å²) in [6, 6.07) is 0. The molecule has 0 radical (unpaired) electrons. The quantitative estimate of drug-likeness (QED) is 0.595. The summed E-state index contributed by atoms with van der Waals surface area (Å²) < 4.78 is 0. The Bertz CT molecular complexity index is 320. The maximum Gasteiger partial charge on any atom is 0.223 e. The molecule has 2 saturated carbocycles. The van der Waals surface area contributed by atoms with Crippen LogP contribution in [0.4, 0.5) is 0 Å². The second-order valence-electron chi connectivity index (χ2n) is 5.66. The van der Waals surface area contributed by atoms with E-state index < -0.39 is 0 Å². The largest absolute Gasteiger partial charge is 0.354 e. The summed E-state index contributed by atoms with van der Waals surface area (Å²) >= 11 is 0. The van der Waals surface area contributed by atoms with Crippen molar-refractivity contribution in [2.24, 2.45) is 11.7 Å². The molecule has 0 bridgehead atoms. The molecule has 0 aromatic heterocycles. The zero-order valence-electron chi connectivity index (χ0n) is 10.8. The van der Waals surface area contributed by atoms with Crippen molar-refractivity contribution in [2.45, 2.75) is 50.5 Å². The smallest absolute Gasteiger partial charge is 0.223 e. The molecule has 0 spiro atoms. The molecule has 5 nitrogen and oxygen atoms in total. The lowest BCUT2D eigenvalue weighted by molar-refractivity contribution is -0.124. The highest BCUT2D eigenvalue weighted by Gasteiger charge is 2.31. The van der Waals surface area contributed by atoms with E-state index in [0.29, 0.717) is 19.5 Å². The first kappa shape index (κ1) is 13.3. The molecule has 2 amide bonds. The van der Waals surface area contributed by atoms with Crippen LogP contribution in [-0.2, 0) is 9.59 Å². The summed E-state index contributed by atoms with van der Waals surface area (Å²) in [5.41, 5.74) is 5.84. The minimum Gasteiger partial charge on any atom is -0.354 e. The topological polar surface area (TPSA) is 84.2 Å². The molecule has 0 heterocycles. The van der Waals surface area contributed by atoms with Crippen LogP contribution in [0, 0.1) is 5.92 Å². The van der Waals surface area contributed by atoms with E-state index in [2.05, 4.69) is 10.6 Å². The normalized spacial score (nSPS) is 21.6. The highest BCUT2D eigenvalue weighted by atomic mass is 16.2. The summed E-state index contributed by atoms with van der Waals surface area (Å²) in [6.45, 7) is 1.01. The fraction of sp³-hybridized carbons (Fsp3) is 0.846. The van der Waals surface area contributed by atoms with Gasteiger partial charge in [0.2, 0.25) is 11.8 Å². The van der Waals surface area contributed by atoms with Crippen LogP contribution >= 0.6 is 0 Å². The van der Waals surface area contributed by atoms with Gasteiger partial charge in [-0.3, -0.25) is 9.59 Å². The zero-order valence-corrected chi connectivity index (χ0v) is 10.8. The summed E-state index contributed by atoms with van der Waals surface area (Å²) in [4.78, 5) is 23.0. The summed E-state index contributed by atoms with van der Waals surface area (Å²) in [7, 11) is 0. The minimum atomic E-state index is -0.290. The van der Waals surface area contributed by atoms with E-state index in [1.807, 2.05) is 0 Å². The van der Waals surface area contributed by atoms with Gasteiger partial charge in [-0.25, -0.2) is 0 Å². The van der Waals surface area contributed by atoms with E-state index in [0.717, 1.165) is 38.5 Å². The summed E-state index contributed by atoms with van der Waals surface area (Å²) in [5.74, 6) is 0.349. The van der Waals surface area contributed by atoms with Gasteiger partial charge >= 0.3 is 0 Å². The summed E-state index contributed by atoms with van der Waals surface area (Å²) in [5, 5.41) is 5.63. The van der Waals surface area contributed by atoms with Crippen molar-refractivity contribution in [3.05, 3.63) is 0 Å². The molecule has 2 fully saturated rings. The maximum atomic E-state index is 11.7. The molecular weight excluding hydrogens is 230 g/mol. The van der Waals surface area contributed by atoms with E-state index >= 15 is 0 Å². The van der Waals surface area contributed by atoms with Crippen LogP contribution < -0.4 is 16.4 Å². The van der Waals surface area contributed by atoms with Gasteiger partial charge in [0.25, 0.3) is 0 Å². The molecule has 0 aliphatic heterocycles. The maximum absolute atomic E-state index is 11.7. The number of amides is 2. The molecule has 102 valence electrons. The van der Waals surface area contributed by atoms with Crippen LogP contribution in [0.15, 0.2) is 0 Å². The van der Waals surface area contributed by atoms with Gasteiger partial charge in [-0.05, 0) is 25.7 Å². The predicted octanol–water partition coefficient (Wildman–Crippen LogP) is 0.290. The van der Waals surface area contributed by atoms with Crippen molar-refractivity contribution in [3.8, 4) is 0 Å². The molecule has 0 aromatic carbocycles. The molecule has 0 aromatic rings. The van der Waals surface area contributed by atoms with Crippen molar-refractivity contribution >= 4 is 11.8 Å². The Labute approximate surface area is 108 Å². The average molecular weight is 253 g/mol. The van der Waals surface area contributed by atoms with Crippen molar-refractivity contribution in [2.75, 3.05) is 13.1 Å². The van der Waals surface area contributed by atoms with Gasteiger partial charge in [-0.15, -0.1) is 0 Å². The lowest BCUT2D eigenvalue weighted by Crippen LogP contribution is -2.43. The number of carbonyl (C=O) groups is 2. The first-order valence-electron chi connectivity index (χ1n) is 6.92. The van der Waals surface area contributed by atoms with Crippen molar-refractivity contribution in [1.82, 2.24) is 10.6 Å². The molecular formula is C13H23N3O2. The van der Waals surface area contributed by atoms with Crippen LogP contribution in [0.3, 0.4) is 0 Å². The van der Waals surface area contributed by atoms with E-state index in [1.54, 1.807) is 0 Å². The van der Waals surface area contributed by atoms with Crippen molar-refractivity contribution in [3.63, 3.8) is 0 Å². The van der Waals surface area contributed by atoms with Gasteiger partial charge in [0, 0.05) is 31.0 Å². The van der Waals surface area contributed by atoms with E-state index in [9.17, 15) is 9.59 Å². The van der Waals surface area contributed by atoms with Crippen molar-refractivity contribution in [1.29, 1.82) is 0 Å². The lowest BCUT2D eigenvalue weighted by Gasteiger charge is -2.22. The number of nitrogens with two attached hydrogens (primary N) is 1. The molecule has 2 rings (SSSR count). The zero-order chi connectivity index (χ0) is 13.0. The first-order chi connectivity index (χ1) is 8.59. The van der Waals surface area contributed by atoms with Crippen LogP contribution in [0.2, 0.25) is 0 Å². The molecule has 0 atom stereocenters.